The van der Waals surface area contributed by atoms with Crippen LogP contribution in [0, 0.1) is 0 Å². The van der Waals surface area contributed by atoms with Crippen molar-refractivity contribution >= 4 is 82.4 Å². The van der Waals surface area contributed by atoms with Gasteiger partial charge in [-0.1, -0.05) is 158 Å². The van der Waals surface area contributed by atoms with Crippen LogP contribution in [0.2, 0.25) is 0 Å². The molecule has 6 heteroatoms. The number of hydrogen-bond donors (Lipinski definition) is 0. The number of halogens is 3. The first-order valence-electron chi connectivity index (χ1n) is 21.5. The van der Waals surface area contributed by atoms with Gasteiger partial charge in [0.05, 0.1) is 39.1 Å². The maximum atomic E-state index is 14.6. The molecule has 10 aromatic carbocycles. The Morgan fingerprint density at radius 1 is 0.438 bits per heavy atom. The minimum absolute atomic E-state index is 0.173. The van der Waals surface area contributed by atoms with Crippen LogP contribution >= 0.6 is 0 Å². The van der Waals surface area contributed by atoms with Gasteiger partial charge in [-0.15, -0.1) is 0 Å². The van der Waals surface area contributed by atoms with Crippen molar-refractivity contribution in [3.05, 3.63) is 228 Å². The van der Waals surface area contributed by atoms with Gasteiger partial charge in [0, 0.05) is 32.6 Å². The number of hydrogen-bond acceptors (Lipinski definition) is 2. The summed E-state index contributed by atoms with van der Waals surface area (Å²) >= 11 is 0. The van der Waals surface area contributed by atoms with E-state index in [-0.39, 0.29) is 5.58 Å². The number of anilines is 3. The molecule has 12 aromatic rings. The molecule has 0 N–H and O–H groups in total. The first-order valence-corrected chi connectivity index (χ1v) is 21.5. The number of fused-ring (bicyclic) bond motifs is 19. The molecule has 1 atom stereocenters. The van der Waals surface area contributed by atoms with E-state index in [0.29, 0.717) is 22.0 Å². The molecule has 1 aliphatic heterocycles. The Balaban J connectivity index is 1.18. The maximum Gasteiger partial charge on any atom is 0.420 e. The van der Waals surface area contributed by atoms with E-state index in [1.54, 1.807) is 6.07 Å². The van der Waals surface area contributed by atoms with Crippen LogP contribution in [0.1, 0.15) is 27.8 Å². The molecule has 0 saturated heterocycles. The van der Waals surface area contributed by atoms with Gasteiger partial charge in [0.15, 0.2) is 5.58 Å². The van der Waals surface area contributed by atoms with E-state index >= 15 is 0 Å². The molecular formula is C58H33F3N2O. The fraction of sp³-hybridized carbons (Fsp3) is 0.0345. The van der Waals surface area contributed by atoms with Crippen LogP contribution in [-0.4, -0.2) is 4.57 Å². The lowest BCUT2D eigenvalue weighted by molar-refractivity contribution is -0.136. The molecule has 0 amide bonds. The van der Waals surface area contributed by atoms with Crippen LogP contribution in [0.5, 0.6) is 0 Å². The molecule has 2 aromatic heterocycles. The van der Waals surface area contributed by atoms with Gasteiger partial charge in [-0.05, 0) is 92.0 Å². The summed E-state index contributed by atoms with van der Waals surface area (Å²) in [5.41, 5.74) is 11.6. The Morgan fingerprint density at radius 3 is 1.91 bits per heavy atom. The first-order chi connectivity index (χ1) is 31.4. The molecule has 64 heavy (non-hydrogen) atoms. The quantitative estimate of drug-likeness (QED) is 0.177. The van der Waals surface area contributed by atoms with Crippen LogP contribution in [0.3, 0.4) is 0 Å². The summed E-state index contributed by atoms with van der Waals surface area (Å²) in [4.78, 5) is 2.18. The third-order valence-corrected chi connectivity index (χ3v) is 14.0. The highest BCUT2D eigenvalue weighted by Crippen LogP contribution is 2.64. The zero-order valence-corrected chi connectivity index (χ0v) is 34.0. The molecule has 0 radical (unpaired) electrons. The molecule has 14 rings (SSSR count). The van der Waals surface area contributed by atoms with Crippen LogP contribution in [-0.2, 0) is 11.6 Å². The summed E-state index contributed by atoms with van der Waals surface area (Å²) in [5, 5.41) is 7.85. The second-order valence-electron chi connectivity index (χ2n) is 17.0. The van der Waals surface area contributed by atoms with Crippen LogP contribution < -0.4 is 4.90 Å². The Bertz CT molecular complexity index is 3970. The van der Waals surface area contributed by atoms with Crippen molar-refractivity contribution in [1.29, 1.82) is 0 Å². The Hall–Kier alpha value is -8.09. The van der Waals surface area contributed by atoms with E-state index in [0.717, 1.165) is 50.4 Å². The van der Waals surface area contributed by atoms with Gasteiger partial charge >= 0.3 is 6.18 Å². The van der Waals surface area contributed by atoms with Gasteiger partial charge in [-0.25, -0.2) is 0 Å². The smallest absolute Gasteiger partial charge is 0.420 e. The van der Waals surface area contributed by atoms with E-state index in [9.17, 15) is 13.2 Å². The number of alkyl halides is 3. The molecule has 1 unspecified atom stereocenters. The topological polar surface area (TPSA) is 21.3 Å². The first kappa shape index (κ1) is 35.5. The fourth-order valence-corrected chi connectivity index (χ4v) is 11.6. The zero-order chi connectivity index (χ0) is 42.5. The number of aromatic nitrogens is 1. The van der Waals surface area contributed by atoms with Gasteiger partial charge < -0.3 is 13.9 Å². The van der Waals surface area contributed by atoms with E-state index in [1.165, 1.54) is 55.6 Å². The van der Waals surface area contributed by atoms with Crippen molar-refractivity contribution in [2.75, 3.05) is 4.90 Å². The van der Waals surface area contributed by atoms with Gasteiger partial charge in [0.1, 0.15) is 5.58 Å². The average molecular weight is 831 g/mol. The predicted molar refractivity (Wildman–Crippen MR) is 254 cm³/mol. The largest absolute Gasteiger partial charge is 0.453 e. The lowest BCUT2D eigenvalue weighted by atomic mass is 9.65. The molecule has 0 fully saturated rings. The van der Waals surface area contributed by atoms with Crippen molar-refractivity contribution in [3.8, 4) is 16.8 Å². The number of furan rings is 1. The molecule has 302 valence electrons. The van der Waals surface area contributed by atoms with Crippen molar-refractivity contribution in [1.82, 2.24) is 4.57 Å². The zero-order valence-electron chi connectivity index (χ0n) is 34.0. The summed E-state index contributed by atoms with van der Waals surface area (Å²) in [7, 11) is 0. The second kappa shape index (κ2) is 12.5. The standard InChI is InChI=1S/C58H33F3N2O/c59-58(60,61)46-27-13-23-41-42-24-14-30-50(56(42)64-55(41)46)62(35-16-2-1-3-17-35)51-33-47-53(39-21-7-6-19-37(39)51)52-36-18-5-4-15-34(36)31-32-44(52)57(47)43-25-9-11-29-49(43)63-48-28-10-8-20-38(48)40-22-12-26-45(57)54(40)63/h1-33H. The molecule has 3 heterocycles. The normalized spacial score (nSPS) is 15.2. The molecule has 0 saturated carbocycles. The van der Waals surface area contributed by atoms with E-state index in [1.807, 2.05) is 36.4 Å². The third kappa shape index (κ3) is 4.41. The van der Waals surface area contributed by atoms with Crippen LogP contribution in [0.25, 0.3) is 82.1 Å². The second-order valence-corrected chi connectivity index (χ2v) is 17.0. The number of rotatable bonds is 3. The van der Waals surface area contributed by atoms with Crippen LogP contribution in [0.15, 0.2) is 205 Å². The maximum absolute atomic E-state index is 14.6. The van der Waals surface area contributed by atoms with Gasteiger partial charge in [-0.2, -0.15) is 13.2 Å². The summed E-state index contributed by atoms with van der Waals surface area (Å²) in [5.74, 6) is 0. The highest BCUT2D eigenvalue weighted by Gasteiger charge is 2.52. The molecule has 2 aliphatic rings. The summed E-state index contributed by atoms with van der Waals surface area (Å²) < 4.78 is 52.7. The van der Waals surface area contributed by atoms with Gasteiger partial charge in [0.25, 0.3) is 0 Å². The fourth-order valence-electron chi connectivity index (χ4n) is 11.6. The highest BCUT2D eigenvalue weighted by molar-refractivity contribution is 6.19. The Kier molecular flexibility index (Phi) is 6.94. The van der Waals surface area contributed by atoms with Crippen molar-refractivity contribution < 1.29 is 17.6 Å². The van der Waals surface area contributed by atoms with E-state index < -0.39 is 17.2 Å². The number of benzene rings is 10. The average Bonchev–Trinajstić information content (AvgIpc) is 3.99. The summed E-state index contributed by atoms with van der Waals surface area (Å²) in [6.07, 6.45) is -4.60. The highest BCUT2D eigenvalue weighted by atomic mass is 19.4. The molecule has 0 bridgehead atoms. The Labute approximate surface area is 364 Å². The SMILES string of the molecule is FC(F)(F)c1cccc2c1oc1c(N(c3ccccc3)c3cc4c(c5ccccc35)-c3c(ccc5ccccc35)C43c4ccccc4-n4c5ccccc5c5cccc3c54)cccc12. The molecular weight excluding hydrogens is 798 g/mol. The molecule has 1 spiro atoms. The van der Waals surface area contributed by atoms with E-state index in [2.05, 4.69) is 155 Å². The van der Waals surface area contributed by atoms with Crippen molar-refractivity contribution in [2.45, 2.75) is 11.6 Å². The summed E-state index contributed by atoms with van der Waals surface area (Å²) in [6, 6.07) is 68.6. The lowest BCUT2D eigenvalue weighted by Gasteiger charge is -2.40. The van der Waals surface area contributed by atoms with Crippen molar-refractivity contribution in [2.24, 2.45) is 0 Å². The van der Waals surface area contributed by atoms with Gasteiger partial charge in [0.2, 0.25) is 0 Å². The molecule has 1 aliphatic carbocycles. The number of nitrogens with zero attached hydrogens (tertiary/aromatic N) is 2. The van der Waals surface area contributed by atoms with E-state index in [4.69, 9.17) is 4.42 Å². The van der Waals surface area contributed by atoms with Crippen LogP contribution in [0.4, 0.5) is 30.2 Å². The minimum Gasteiger partial charge on any atom is -0.453 e. The number of para-hydroxylation sites is 6. The monoisotopic (exact) mass is 830 g/mol. The molecule has 3 nitrogen and oxygen atoms in total. The summed E-state index contributed by atoms with van der Waals surface area (Å²) in [6.45, 7) is 0. The van der Waals surface area contributed by atoms with Crippen molar-refractivity contribution in [3.63, 3.8) is 0 Å². The Morgan fingerprint density at radius 2 is 1.06 bits per heavy atom. The minimum atomic E-state index is -4.60. The third-order valence-electron chi connectivity index (χ3n) is 14.0. The lowest BCUT2D eigenvalue weighted by Crippen LogP contribution is -2.33. The van der Waals surface area contributed by atoms with Gasteiger partial charge in [-0.3, -0.25) is 0 Å². The predicted octanol–water partition coefficient (Wildman–Crippen LogP) is 16.2.